The molecule has 0 fully saturated rings. The van der Waals surface area contributed by atoms with E-state index in [2.05, 4.69) is 0 Å². The van der Waals surface area contributed by atoms with E-state index in [9.17, 15) is 17.6 Å². The highest BCUT2D eigenvalue weighted by Crippen LogP contribution is 2.38. The predicted molar refractivity (Wildman–Crippen MR) is 47.0 cm³/mol. The normalized spacial score (nSPS) is 13.1. The summed E-state index contributed by atoms with van der Waals surface area (Å²) in [7, 11) is 0. The molecule has 0 rings (SSSR count). The van der Waals surface area contributed by atoms with E-state index in [-0.39, 0.29) is 4.70 Å². The molecular weight excluding hydrogens is 250 g/mol. The van der Waals surface area contributed by atoms with E-state index in [0.29, 0.717) is 0 Å². The Morgan fingerprint density at radius 1 is 1.29 bits per heavy atom. The van der Waals surface area contributed by atoms with Crippen molar-refractivity contribution in [2.45, 2.75) is 17.7 Å². The Balaban J connectivity index is 0. The summed E-state index contributed by atoms with van der Waals surface area (Å²) in [6.07, 6.45) is -3.36. The molecule has 86 valence electrons. The molecule has 0 aromatic rings. The van der Waals surface area contributed by atoms with Gasteiger partial charge in [0.05, 0.1) is 6.67 Å². The summed E-state index contributed by atoms with van der Waals surface area (Å²) in [6, 6.07) is 0. The molecule has 1 atom stereocenters. The fourth-order valence-corrected chi connectivity index (χ4v) is 0.912. The van der Waals surface area contributed by atoms with E-state index in [4.69, 9.17) is 23.2 Å². The highest BCUT2D eigenvalue weighted by atomic mass is 35.5. The molecule has 0 spiro atoms. The molecule has 0 bridgehead atoms. The molecular formula is C7H9Cl2F5. The Hall–Kier alpha value is -0.0300. The van der Waals surface area contributed by atoms with Gasteiger partial charge < -0.3 is 0 Å². The van der Waals surface area contributed by atoms with Crippen LogP contribution >= 0.6 is 23.2 Å². The third-order valence-electron chi connectivity index (χ3n) is 1.55. The first-order chi connectivity index (χ1) is 5.81. The Bertz CT molecular complexity index is 200. The van der Waals surface area contributed by atoms with Gasteiger partial charge in [-0.05, 0) is 0 Å². The van der Waals surface area contributed by atoms with Crippen molar-refractivity contribution in [3.05, 3.63) is 11.9 Å². The van der Waals surface area contributed by atoms with Gasteiger partial charge in [0.15, 0.2) is 5.83 Å². The van der Waals surface area contributed by atoms with Gasteiger partial charge in [-0.25, -0.2) is 4.39 Å². The lowest BCUT2D eigenvalue weighted by Gasteiger charge is -2.23. The molecule has 0 amide bonds. The van der Waals surface area contributed by atoms with Gasteiger partial charge in [-0.15, -0.1) is 23.2 Å². The maximum atomic E-state index is 12.4. The number of rotatable bonds is 4. The van der Waals surface area contributed by atoms with Gasteiger partial charge in [-0.1, -0.05) is 6.92 Å². The molecule has 7 heteroatoms. The maximum absolute atomic E-state index is 12.4. The van der Waals surface area contributed by atoms with E-state index < -0.39 is 35.3 Å². The lowest BCUT2D eigenvalue weighted by molar-refractivity contribution is 0.324. The summed E-state index contributed by atoms with van der Waals surface area (Å²) in [5.41, 5.74) is 0. The second-order valence-electron chi connectivity index (χ2n) is 2.66. The fourth-order valence-electron chi connectivity index (χ4n) is 0.561. The van der Waals surface area contributed by atoms with Gasteiger partial charge >= 0.3 is 6.08 Å². The average molecular weight is 259 g/mol. The Morgan fingerprint density at radius 2 is 1.71 bits per heavy atom. The topological polar surface area (TPSA) is 0 Å². The molecule has 0 aliphatic rings. The summed E-state index contributed by atoms with van der Waals surface area (Å²) < 4.78 is 45.8. The minimum atomic E-state index is -2.48. The first-order valence-corrected chi connectivity index (χ1v) is 4.20. The third-order valence-corrected chi connectivity index (χ3v) is 2.56. The quantitative estimate of drug-likeness (QED) is 0.519. The number of alkyl halides is 3. The van der Waals surface area contributed by atoms with Crippen LogP contribution in [0.1, 0.15) is 13.3 Å². The molecule has 0 nitrogen and oxygen atoms in total. The van der Waals surface area contributed by atoms with Crippen LogP contribution in [-0.4, -0.2) is 11.0 Å². The molecule has 1 unspecified atom stereocenters. The summed E-state index contributed by atoms with van der Waals surface area (Å²) in [6.45, 7) is 0.414. The number of halogens is 7. The molecule has 0 aliphatic heterocycles. The molecule has 0 heterocycles. The molecule has 0 aromatic heterocycles. The first-order valence-electron chi connectivity index (χ1n) is 3.44. The van der Waals surface area contributed by atoms with E-state index in [1.165, 1.54) is 6.92 Å². The number of allylic oxidation sites excluding steroid dienone is 1. The SMILES string of the molecule is CC(CF)C(Cl)(Cl)CC(F)=C(F)F.F. The molecule has 0 radical (unpaired) electrons. The third kappa shape index (κ3) is 5.00. The summed E-state index contributed by atoms with van der Waals surface area (Å²) in [4.78, 5) is 0. The monoisotopic (exact) mass is 258 g/mol. The van der Waals surface area contributed by atoms with Gasteiger partial charge in [0, 0.05) is 12.3 Å². The van der Waals surface area contributed by atoms with E-state index in [1.54, 1.807) is 0 Å². The van der Waals surface area contributed by atoms with Crippen molar-refractivity contribution < 1.29 is 22.3 Å². The minimum absolute atomic E-state index is 0. The Labute approximate surface area is 88.2 Å². The van der Waals surface area contributed by atoms with Crippen molar-refractivity contribution in [3.8, 4) is 0 Å². The van der Waals surface area contributed by atoms with Crippen LogP contribution in [0.3, 0.4) is 0 Å². The van der Waals surface area contributed by atoms with Crippen molar-refractivity contribution in [2.75, 3.05) is 6.67 Å². The molecule has 0 aromatic carbocycles. The molecule has 0 saturated heterocycles. The van der Waals surface area contributed by atoms with Crippen LogP contribution in [0, 0.1) is 5.92 Å². The lowest BCUT2D eigenvalue weighted by Crippen LogP contribution is -2.25. The zero-order valence-corrected chi connectivity index (χ0v) is 8.68. The minimum Gasteiger partial charge on any atom is -0.269 e. The van der Waals surface area contributed by atoms with Crippen LogP contribution in [0.4, 0.5) is 22.3 Å². The summed E-state index contributed by atoms with van der Waals surface area (Å²) in [5.74, 6) is -2.61. The average Bonchev–Trinajstić information content (AvgIpc) is 2.01. The lowest BCUT2D eigenvalue weighted by atomic mass is 10.1. The van der Waals surface area contributed by atoms with Crippen LogP contribution in [0.25, 0.3) is 0 Å². The zero-order valence-electron chi connectivity index (χ0n) is 7.17. The van der Waals surface area contributed by atoms with E-state index in [0.717, 1.165) is 0 Å². The van der Waals surface area contributed by atoms with Crippen molar-refractivity contribution >= 4 is 23.2 Å². The van der Waals surface area contributed by atoms with Gasteiger partial charge in [-0.3, -0.25) is 9.09 Å². The van der Waals surface area contributed by atoms with Crippen molar-refractivity contribution in [1.82, 2.24) is 0 Å². The molecule has 0 aliphatic carbocycles. The first kappa shape index (κ1) is 16.4. The maximum Gasteiger partial charge on any atom is 0.301 e. The zero-order chi connectivity index (χ0) is 10.6. The van der Waals surface area contributed by atoms with E-state index in [1.807, 2.05) is 0 Å². The van der Waals surface area contributed by atoms with Crippen molar-refractivity contribution in [1.29, 1.82) is 0 Å². The number of hydrogen-bond donors (Lipinski definition) is 0. The smallest absolute Gasteiger partial charge is 0.269 e. The molecule has 0 N–H and O–H groups in total. The van der Waals surface area contributed by atoms with Crippen LogP contribution in [-0.2, 0) is 0 Å². The fraction of sp³-hybridized carbons (Fsp3) is 0.714. The molecule has 0 saturated carbocycles. The van der Waals surface area contributed by atoms with Crippen LogP contribution in [0.2, 0.25) is 0 Å². The predicted octanol–water partition coefficient (Wildman–Crippen LogP) is 4.39. The van der Waals surface area contributed by atoms with Crippen molar-refractivity contribution in [3.63, 3.8) is 0 Å². The Morgan fingerprint density at radius 3 is 2.00 bits per heavy atom. The highest BCUT2D eigenvalue weighted by molar-refractivity contribution is 6.48. The second kappa shape index (κ2) is 6.45. The second-order valence-corrected chi connectivity index (χ2v) is 4.20. The van der Waals surface area contributed by atoms with Gasteiger partial charge in [0.1, 0.15) is 4.33 Å². The largest absolute Gasteiger partial charge is 0.301 e. The summed E-state index contributed by atoms with van der Waals surface area (Å²) >= 11 is 10.9. The number of hydrogen-bond acceptors (Lipinski definition) is 0. The van der Waals surface area contributed by atoms with Gasteiger partial charge in [0.2, 0.25) is 0 Å². The highest BCUT2D eigenvalue weighted by Gasteiger charge is 2.34. The van der Waals surface area contributed by atoms with E-state index >= 15 is 0 Å². The molecule has 14 heavy (non-hydrogen) atoms. The van der Waals surface area contributed by atoms with Crippen LogP contribution in [0.5, 0.6) is 0 Å². The van der Waals surface area contributed by atoms with Crippen LogP contribution in [0.15, 0.2) is 11.9 Å². The van der Waals surface area contributed by atoms with Crippen LogP contribution < -0.4 is 0 Å². The van der Waals surface area contributed by atoms with Gasteiger partial charge in [0.25, 0.3) is 0 Å². The van der Waals surface area contributed by atoms with Crippen molar-refractivity contribution in [2.24, 2.45) is 5.92 Å². The van der Waals surface area contributed by atoms with Gasteiger partial charge in [-0.2, -0.15) is 8.78 Å². The summed E-state index contributed by atoms with van der Waals surface area (Å²) in [5, 5.41) is 0. The Kier molecular flexibility index (Phi) is 7.56. The standard InChI is InChI=1S/C7H8Cl2F4.FH/c1-4(3-10)7(8,9)2-5(11)6(12)13;/h4H,2-3H2,1H3;1H.